The largest absolute Gasteiger partial charge is 0.352 e. The first kappa shape index (κ1) is 17.3. The van der Waals surface area contributed by atoms with E-state index in [2.05, 4.69) is 65.0 Å². The molecule has 0 aliphatic carbocycles. The smallest absolute Gasteiger partial charge is 0.121 e. The van der Waals surface area contributed by atoms with Crippen LogP contribution < -0.4 is 4.90 Å². The van der Waals surface area contributed by atoms with Gasteiger partial charge in [-0.25, -0.2) is 0 Å². The number of nitriles is 1. The van der Waals surface area contributed by atoms with E-state index in [1.807, 2.05) is 36.4 Å². The molecule has 0 N–H and O–H groups in total. The van der Waals surface area contributed by atoms with Crippen molar-refractivity contribution in [2.45, 2.75) is 26.3 Å². The van der Waals surface area contributed by atoms with Crippen molar-refractivity contribution < 1.29 is 0 Å². The molecule has 23 heavy (non-hydrogen) atoms. The average Bonchev–Trinajstić information content (AvgIpc) is 2.56. The highest BCUT2D eigenvalue weighted by Gasteiger charge is 2.19. The molecule has 1 unspecified atom stereocenters. The number of anilines is 1. The van der Waals surface area contributed by atoms with Crippen LogP contribution in [0.25, 0.3) is 0 Å². The number of rotatable bonds is 6. The van der Waals surface area contributed by atoms with Gasteiger partial charge in [0.2, 0.25) is 0 Å². The van der Waals surface area contributed by atoms with Gasteiger partial charge in [0.05, 0.1) is 6.07 Å². The van der Waals surface area contributed by atoms with Gasteiger partial charge in [-0.1, -0.05) is 64.0 Å². The molecule has 1 atom stereocenters. The lowest BCUT2D eigenvalue weighted by atomic mass is 10.0. The average molecular weight is 369 g/mol. The minimum atomic E-state index is -0.216. The molecular formula is C20H21BrN2. The molecule has 0 spiro atoms. The number of hydrogen-bond acceptors (Lipinski definition) is 2. The summed E-state index contributed by atoms with van der Waals surface area (Å²) in [6, 6.07) is 20.5. The molecule has 0 saturated carbocycles. The Morgan fingerprint density at radius 3 is 2.39 bits per heavy atom. The first-order chi connectivity index (χ1) is 11.1. The molecule has 0 radical (unpaired) electrons. The highest BCUT2D eigenvalue weighted by atomic mass is 79.9. The van der Waals surface area contributed by atoms with E-state index >= 15 is 0 Å². The second kappa shape index (κ2) is 8.55. The van der Waals surface area contributed by atoms with Gasteiger partial charge in [-0.05, 0) is 37.6 Å². The monoisotopic (exact) mass is 368 g/mol. The Bertz CT molecular complexity index is 697. The summed E-state index contributed by atoms with van der Waals surface area (Å²) < 4.78 is 1.05. The Morgan fingerprint density at radius 1 is 1.13 bits per heavy atom. The van der Waals surface area contributed by atoms with Gasteiger partial charge < -0.3 is 4.90 Å². The third kappa shape index (κ3) is 4.97. The third-order valence-corrected chi connectivity index (χ3v) is 4.45. The zero-order valence-electron chi connectivity index (χ0n) is 13.5. The predicted octanol–water partition coefficient (Wildman–Crippen LogP) is 5.36. The Morgan fingerprint density at radius 2 is 1.78 bits per heavy atom. The van der Waals surface area contributed by atoms with Gasteiger partial charge in [0.1, 0.15) is 6.04 Å². The lowest BCUT2D eigenvalue weighted by Gasteiger charge is -2.29. The molecule has 2 rings (SSSR count). The summed E-state index contributed by atoms with van der Waals surface area (Å²) in [5.74, 6) is 0. The minimum Gasteiger partial charge on any atom is -0.352 e. The fraction of sp³-hybridized carbons (Fsp3) is 0.250. The summed E-state index contributed by atoms with van der Waals surface area (Å²) in [6.07, 6.45) is 2.85. The van der Waals surface area contributed by atoms with Gasteiger partial charge in [0.25, 0.3) is 0 Å². The van der Waals surface area contributed by atoms with Crippen molar-refractivity contribution in [2.24, 2.45) is 0 Å². The zero-order chi connectivity index (χ0) is 16.7. The van der Waals surface area contributed by atoms with E-state index in [1.165, 1.54) is 5.57 Å². The van der Waals surface area contributed by atoms with Gasteiger partial charge in [-0.2, -0.15) is 5.26 Å². The van der Waals surface area contributed by atoms with Crippen LogP contribution in [0.3, 0.4) is 0 Å². The van der Waals surface area contributed by atoms with E-state index in [0.29, 0.717) is 6.42 Å². The Balaban J connectivity index is 2.30. The Kier molecular flexibility index (Phi) is 6.43. The van der Waals surface area contributed by atoms with Gasteiger partial charge in [-0.15, -0.1) is 0 Å². The summed E-state index contributed by atoms with van der Waals surface area (Å²) >= 11 is 3.58. The molecule has 0 saturated heterocycles. The van der Waals surface area contributed by atoms with Crippen LogP contribution in [-0.2, 0) is 6.42 Å². The third-order valence-electron chi connectivity index (χ3n) is 3.68. The van der Waals surface area contributed by atoms with Gasteiger partial charge in [0.15, 0.2) is 0 Å². The van der Waals surface area contributed by atoms with Crippen molar-refractivity contribution in [1.29, 1.82) is 5.26 Å². The molecule has 2 aromatic rings. The summed E-state index contributed by atoms with van der Waals surface area (Å²) in [5, 5.41) is 9.75. The predicted molar refractivity (Wildman–Crippen MR) is 100 cm³/mol. The second-order valence-electron chi connectivity index (χ2n) is 5.71. The quantitative estimate of drug-likeness (QED) is 0.641. The summed E-state index contributed by atoms with van der Waals surface area (Å²) in [6.45, 7) is 4.89. The number of benzene rings is 2. The maximum Gasteiger partial charge on any atom is 0.121 e. The van der Waals surface area contributed by atoms with Gasteiger partial charge >= 0.3 is 0 Å². The van der Waals surface area contributed by atoms with Gasteiger partial charge in [0, 0.05) is 23.1 Å². The van der Waals surface area contributed by atoms with Crippen molar-refractivity contribution in [3.63, 3.8) is 0 Å². The van der Waals surface area contributed by atoms with E-state index in [-0.39, 0.29) is 6.04 Å². The molecule has 0 aliphatic rings. The fourth-order valence-electron chi connectivity index (χ4n) is 2.41. The van der Waals surface area contributed by atoms with Crippen molar-refractivity contribution in [1.82, 2.24) is 0 Å². The summed E-state index contributed by atoms with van der Waals surface area (Å²) in [5.41, 5.74) is 3.48. The topological polar surface area (TPSA) is 27.0 Å². The summed E-state index contributed by atoms with van der Waals surface area (Å²) in [7, 11) is 0. The summed E-state index contributed by atoms with van der Waals surface area (Å²) in [4.78, 5) is 2.16. The maximum atomic E-state index is 9.75. The molecule has 0 amide bonds. The minimum absolute atomic E-state index is 0.216. The van der Waals surface area contributed by atoms with E-state index in [4.69, 9.17) is 0 Å². The molecule has 0 fully saturated rings. The highest BCUT2D eigenvalue weighted by molar-refractivity contribution is 9.10. The number of hydrogen-bond donors (Lipinski definition) is 0. The number of nitrogens with zero attached hydrogens (tertiary/aromatic N) is 2. The first-order valence-electron chi connectivity index (χ1n) is 7.70. The zero-order valence-corrected chi connectivity index (χ0v) is 15.1. The molecule has 2 nitrogen and oxygen atoms in total. The molecule has 3 heteroatoms. The van der Waals surface area contributed by atoms with Crippen LogP contribution in [0.5, 0.6) is 0 Å². The van der Waals surface area contributed by atoms with Crippen LogP contribution in [0, 0.1) is 11.3 Å². The van der Waals surface area contributed by atoms with Crippen LogP contribution in [-0.4, -0.2) is 12.6 Å². The number of allylic oxidation sites excluding steroid dienone is 1. The molecule has 2 aromatic carbocycles. The van der Waals surface area contributed by atoms with Crippen LogP contribution in [0.15, 0.2) is 70.7 Å². The van der Waals surface area contributed by atoms with Crippen molar-refractivity contribution in [2.75, 3.05) is 11.4 Å². The molecule has 0 aliphatic heterocycles. The first-order valence-corrected chi connectivity index (χ1v) is 8.49. The molecule has 0 bridgehead atoms. The van der Waals surface area contributed by atoms with Crippen LogP contribution >= 0.6 is 15.9 Å². The fourth-order valence-corrected chi connectivity index (χ4v) is 2.86. The second-order valence-corrected chi connectivity index (χ2v) is 6.56. The molecular weight excluding hydrogens is 348 g/mol. The normalized spacial score (nSPS) is 11.4. The van der Waals surface area contributed by atoms with Crippen LogP contribution in [0.2, 0.25) is 0 Å². The SMILES string of the molecule is CC(C)=CCN(c1ccccc1)C(C#N)Cc1ccccc1Br. The highest BCUT2D eigenvalue weighted by Crippen LogP contribution is 2.23. The lowest BCUT2D eigenvalue weighted by molar-refractivity contribution is 0.723. The molecule has 0 heterocycles. The number of para-hydroxylation sites is 1. The standard InChI is InChI=1S/C20H21BrN2/c1-16(2)12-13-23(18-9-4-3-5-10-18)19(15-22)14-17-8-6-7-11-20(17)21/h3-12,19H,13-14H2,1-2H3. The van der Waals surface area contributed by atoms with Crippen molar-refractivity contribution in [3.05, 3.63) is 76.3 Å². The maximum absolute atomic E-state index is 9.75. The van der Waals surface area contributed by atoms with Gasteiger partial charge in [-0.3, -0.25) is 0 Å². The van der Waals surface area contributed by atoms with Crippen molar-refractivity contribution >= 4 is 21.6 Å². The van der Waals surface area contributed by atoms with Crippen LogP contribution in [0.1, 0.15) is 19.4 Å². The van der Waals surface area contributed by atoms with Crippen molar-refractivity contribution in [3.8, 4) is 6.07 Å². The van der Waals surface area contributed by atoms with Crippen LogP contribution in [0.4, 0.5) is 5.69 Å². The van der Waals surface area contributed by atoms with E-state index in [0.717, 1.165) is 22.3 Å². The Labute approximate surface area is 147 Å². The number of halogens is 1. The van der Waals surface area contributed by atoms with E-state index < -0.39 is 0 Å². The van der Waals surface area contributed by atoms with E-state index in [1.54, 1.807) is 0 Å². The lowest BCUT2D eigenvalue weighted by Crippen LogP contribution is -2.36. The molecule has 0 aromatic heterocycles. The van der Waals surface area contributed by atoms with E-state index in [9.17, 15) is 5.26 Å². The Hall–Kier alpha value is -2.05. The molecule has 118 valence electrons.